The van der Waals surface area contributed by atoms with Gasteiger partial charge in [0.25, 0.3) is 11.8 Å². The molecule has 1 aliphatic heterocycles. The quantitative estimate of drug-likeness (QED) is 0.835. The Kier molecular flexibility index (Phi) is 6.12. The lowest BCUT2D eigenvalue weighted by molar-refractivity contribution is -0.137. The zero-order valence-corrected chi connectivity index (χ0v) is 15.9. The van der Waals surface area contributed by atoms with Crippen LogP contribution in [0.15, 0.2) is 54.6 Å². The SMILES string of the molecule is Cc1cccc(C(=O)N2CCCN(C(=O)C(C)Oc3ccccc3)CC2)c1. The third-order valence-electron chi connectivity index (χ3n) is 4.76. The number of rotatable bonds is 4. The number of benzene rings is 2. The molecule has 0 bridgehead atoms. The third kappa shape index (κ3) is 4.88. The van der Waals surface area contributed by atoms with Gasteiger partial charge in [0.15, 0.2) is 6.10 Å². The van der Waals surface area contributed by atoms with Crippen LogP contribution in [0.1, 0.15) is 29.3 Å². The largest absolute Gasteiger partial charge is 0.481 e. The summed E-state index contributed by atoms with van der Waals surface area (Å²) in [5.41, 5.74) is 1.77. The fourth-order valence-corrected chi connectivity index (χ4v) is 3.31. The lowest BCUT2D eigenvalue weighted by Gasteiger charge is -2.25. The van der Waals surface area contributed by atoms with E-state index in [1.807, 2.05) is 66.4 Å². The maximum absolute atomic E-state index is 12.8. The molecule has 27 heavy (non-hydrogen) atoms. The molecule has 1 unspecified atom stereocenters. The molecule has 3 rings (SSSR count). The molecule has 0 radical (unpaired) electrons. The smallest absolute Gasteiger partial charge is 0.263 e. The molecule has 0 aromatic heterocycles. The first-order valence-electron chi connectivity index (χ1n) is 9.41. The zero-order valence-electron chi connectivity index (χ0n) is 15.9. The second kappa shape index (κ2) is 8.71. The van der Waals surface area contributed by atoms with E-state index in [-0.39, 0.29) is 11.8 Å². The monoisotopic (exact) mass is 366 g/mol. The average Bonchev–Trinajstić information content (AvgIpc) is 2.94. The Morgan fingerprint density at radius 3 is 2.37 bits per heavy atom. The molecule has 2 aromatic carbocycles. The van der Waals surface area contributed by atoms with E-state index in [2.05, 4.69) is 0 Å². The fraction of sp³-hybridized carbons (Fsp3) is 0.364. The van der Waals surface area contributed by atoms with Crippen LogP contribution in [0.25, 0.3) is 0 Å². The van der Waals surface area contributed by atoms with Crippen LogP contribution in [0.4, 0.5) is 0 Å². The number of ether oxygens (including phenoxy) is 1. The molecule has 1 atom stereocenters. The Bertz CT molecular complexity index is 791. The van der Waals surface area contributed by atoms with E-state index in [4.69, 9.17) is 4.74 Å². The summed E-state index contributed by atoms with van der Waals surface area (Å²) in [6.45, 7) is 6.11. The Hall–Kier alpha value is -2.82. The van der Waals surface area contributed by atoms with Gasteiger partial charge < -0.3 is 14.5 Å². The van der Waals surface area contributed by atoms with Gasteiger partial charge in [0.1, 0.15) is 5.75 Å². The van der Waals surface area contributed by atoms with E-state index in [1.54, 1.807) is 11.8 Å². The van der Waals surface area contributed by atoms with Crippen molar-refractivity contribution < 1.29 is 14.3 Å². The van der Waals surface area contributed by atoms with E-state index < -0.39 is 6.10 Å². The van der Waals surface area contributed by atoms with Crippen LogP contribution >= 0.6 is 0 Å². The molecule has 1 heterocycles. The van der Waals surface area contributed by atoms with Gasteiger partial charge in [-0.25, -0.2) is 0 Å². The van der Waals surface area contributed by atoms with E-state index in [0.717, 1.165) is 12.0 Å². The maximum atomic E-state index is 12.8. The normalized spacial score (nSPS) is 15.8. The van der Waals surface area contributed by atoms with Crippen molar-refractivity contribution >= 4 is 11.8 Å². The molecule has 1 fully saturated rings. The first-order valence-corrected chi connectivity index (χ1v) is 9.41. The van der Waals surface area contributed by atoms with Gasteiger partial charge in [0.2, 0.25) is 0 Å². The van der Waals surface area contributed by atoms with Gasteiger partial charge in [-0.3, -0.25) is 9.59 Å². The molecule has 1 aliphatic rings. The maximum Gasteiger partial charge on any atom is 0.263 e. The minimum atomic E-state index is -0.550. The first kappa shape index (κ1) is 19.0. The standard InChI is InChI=1S/C22H26N2O3/c1-17-8-6-9-19(16-17)22(26)24-13-7-12-23(14-15-24)21(25)18(2)27-20-10-4-3-5-11-20/h3-6,8-11,16,18H,7,12-15H2,1-2H3. The average molecular weight is 366 g/mol. The van der Waals surface area contributed by atoms with Crippen LogP contribution in [0.3, 0.4) is 0 Å². The number of hydrogen-bond donors (Lipinski definition) is 0. The van der Waals surface area contributed by atoms with Gasteiger partial charge in [-0.05, 0) is 44.5 Å². The molecule has 5 heteroatoms. The van der Waals surface area contributed by atoms with Crippen molar-refractivity contribution in [3.8, 4) is 5.75 Å². The van der Waals surface area contributed by atoms with Crippen LogP contribution in [-0.2, 0) is 4.79 Å². The van der Waals surface area contributed by atoms with Crippen LogP contribution in [0.5, 0.6) is 5.75 Å². The number of para-hydroxylation sites is 1. The van der Waals surface area contributed by atoms with Gasteiger partial charge in [0.05, 0.1) is 0 Å². The second-order valence-electron chi connectivity index (χ2n) is 6.91. The van der Waals surface area contributed by atoms with Crippen molar-refractivity contribution in [2.24, 2.45) is 0 Å². The summed E-state index contributed by atoms with van der Waals surface area (Å²) in [5, 5.41) is 0. The number of nitrogens with zero attached hydrogens (tertiary/aromatic N) is 2. The summed E-state index contributed by atoms with van der Waals surface area (Å²) < 4.78 is 5.76. The molecule has 0 spiro atoms. The topological polar surface area (TPSA) is 49.9 Å². The summed E-state index contributed by atoms with van der Waals surface area (Å²) in [4.78, 5) is 29.1. The highest BCUT2D eigenvalue weighted by Crippen LogP contribution is 2.15. The Balaban J connectivity index is 1.59. The molecule has 2 amide bonds. The van der Waals surface area contributed by atoms with Crippen molar-refractivity contribution in [3.05, 3.63) is 65.7 Å². The first-order chi connectivity index (χ1) is 13.0. The molecule has 0 saturated carbocycles. The number of carbonyl (C=O) groups is 2. The van der Waals surface area contributed by atoms with Crippen molar-refractivity contribution in [3.63, 3.8) is 0 Å². The van der Waals surface area contributed by atoms with Gasteiger partial charge >= 0.3 is 0 Å². The molecule has 1 saturated heterocycles. The predicted molar refractivity (Wildman–Crippen MR) is 105 cm³/mol. The number of aryl methyl sites for hydroxylation is 1. The Morgan fingerprint density at radius 2 is 1.63 bits per heavy atom. The van der Waals surface area contributed by atoms with Crippen LogP contribution in [-0.4, -0.2) is 53.9 Å². The van der Waals surface area contributed by atoms with E-state index in [0.29, 0.717) is 37.5 Å². The number of hydrogen-bond acceptors (Lipinski definition) is 3. The van der Waals surface area contributed by atoms with E-state index in [1.165, 1.54) is 0 Å². The Labute approximate surface area is 160 Å². The van der Waals surface area contributed by atoms with E-state index in [9.17, 15) is 9.59 Å². The van der Waals surface area contributed by atoms with Gasteiger partial charge in [-0.2, -0.15) is 0 Å². The second-order valence-corrected chi connectivity index (χ2v) is 6.91. The lowest BCUT2D eigenvalue weighted by atomic mass is 10.1. The number of carbonyl (C=O) groups excluding carboxylic acids is 2. The summed E-state index contributed by atoms with van der Waals surface area (Å²) in [7, 11) is 0. The number of amides is 2. The summed E-state index contributed by atoms with van der Waals surface area (Å²) in [6.07, 6.45) is 0.216. The fourth-order valence-electron chi connectivity index (χ4n) is 3.31. The molecular formula is C22H26N2O3. The highest BCUT2D eigenvalue weighted by molar-refractivity contribution is 5.94. The summed E-state index contributed by atoms with van der Waals surface area (Å²) >= 11 is 0. The molecular weight excluding hydrogens is 340 g/mol. The summed E-state index contributed by atoms with van der Waals surface area (Å²) in [5.74, 6) is 0.676. The minimum absolute atomic E-state index is 0.0292. The Morgan fingerprint density at radius 1 is 0.926 bits per heavy atom. The summed E-state index contributed by atoms with van der Waals surface area (Å²) in [6, 6.07) is 17.0. The highest BCUT2D eigenvalue weighted by atomic mass is 16.5. The van der Waals surface area contributed by atoms with E-state index >= 15 is 0 Å². The molecule has 0 N–H and O–H groups in total. The molecule has 142 valence electrons. The van der Waals surface area contributed by atoms with Crippen LogP contribution < -0.4 is 4.74 Å². The van der Waals surface area contributed by atoms with Crippen LogP contribution in [0.2, 0.25) is 0 Å². The predicted octanol–water partition coefficient (Wildman–Crippen LogP) is 3.14. The van der Waals surface area contributed by atoms with Gasteiger partial charge in [-0.15, -0.1) is 0 Å². The molecule has 0 aliphatic carbocycles. The van der Waals surface area contributed by atoms with Crippen LogP contribution in [0, 0.1) is 6.92 Å². The molecule has 5 nitrogen and oxygen atoms in total. The molecule has 2 aromatic rings. The minimum Gasteiger partial charge on any atom is -0.481 e. The third-order valence-corrected chi connectivity index (χ3v) is 4.76. The zero-order chi connectivity index (χ0) is 19.2. The van der Waals surface area contributed by atoms with Gasteiger partial charge in [-0.1, -0.05) is 35.9 Å². The van der Waals surface area contributed by atoms with Crippen molar-refractivity contribution in [1.29, 1.82) is 0 Å². The van der Waals surface area contributed by atoms with Gasteiger partial charge in [0, 0.05) is 31.7 Å². The van der Waals surface area contributed by atoms with Crippen molar-refractivity contribution in [1.82, 2.24) is 9.80 Å². The van der Waals surface area contributed by atoms with Crippen molar-refractivity contribution in [2.75, 3.05) is 26.2 Å². The lowest BCUT2D eigenvalue weighted by Crippen LogP contribution is -2.43. The van der Waals surface area contributed by atoms with Crippen molar-refractivity contribution in [2.45, 2.75) is 26.4 Å². The highest BCUT2D eigenvalue weighted by Gasteiger charge is 2.26.